The Morgan fingerprint density at radius 1 is 1.25 bits per heavy atom. The third-order valence-electron chi connectivity index (χ3n) is 5.27. The van der Waals surface area contributed by atoms with Gasteiger partial charge in [0.15, 0.2) is 0 Å². The minimum atomic E-state index is -4.49. The molecule has 2 N–H and O–H groups in total. The van der Waals surface area contributed by atoms with Crippen LogP contribution < -0.4 is 15.0 Å². The van der Waals surface area contributed by atoms with Gasteiger partial charge in [-0.3, -0.25) is 9.59 Å². The molecule has 1 heterocycles. The molecule has 3 rings (SSSR count). The summed E-state index contributed by atoms with van der Waals surface area (Å²) >= 11 is 0. The highest BCUT2D eigenvalue weighted by atomic mass is 19.4. The Balaban J connectivity index is 1.49. The van der Waals surface area contributed by atoms with Crippen LogP contribution in [0, 0.1) is 5.92 Å². The van der Waals surface area contributed by atoms with Crippen LogP contribution in [0.25, 0.3) is 0 Å². The predicted molar refractivity (Wildman–Crippen MR) is 112 cm³/mol. The van der Waals surface area contributed by atoms with E-state index >= 15 is 0 Å². The first kappa shape index (κ1) is 23.6. The van der Waals surface area contributed by atoms with Crippen LogP contribution in [0.5, 0.6) is 5.75 Å². The van der Waals surface area contributed by atoms with Crippen LogP contribution in [-0.2, 0) is 22.2 Å². The van der Waals surface area contributed by atoms with Crippen molar-refractivity contribution in [1.82, 2.24) is 5.32 Å². The number of benzene rings is 2. The quantitative estimate of drug-likeness (QED) is 0.648. The number of halogens is 3. The van der Waals surface area contributed by atoms with E-state index in [-0.39, 0.29) is 43.7 Å². The van der Waals surface area contributed by atoms with E-state index in [0.29, 0.717) is 0 Å². The third kappa shape index (κ3) is 5.79. The second-order valence-corrected chi connectivity index (χ2v) is 7.62. The summed E-state index contributed by atoms with van der Waals surface area (Å²) in [6, 6.07) is 11.9. The van der Waals surface area contributed by atoms with E-state index in [1.807, 2.05) is 31.2 Å². The number of rotatable bonds is 8. The number of amides is 2. The Labute approximate surface area is 184 Å². The number of carbonyl (C=O) groups excluding carboxylic acids is 2. The Morgan fingerprint density at radius 3 is 2.72 bits per heavy atom. The zero-order valence-corrected chi connectivity index (χ0v) is 17.6. The predicted octanol–water partition coefficient (Wildman–Crippen LogP) is 3.18. The van der Waals surface area contributed by atoms with E-state index in [1.54, 1.807) is 4.90 Å². The van der Waals surface area contributed by atoms with Gasteiger partial charge in [-0.25, -0.2) is 0 Å². The average molecular weight is 450 g/mol. The lowest BCUT2D eigenvalue weighted by Crippen LogP contribution is -2.39. The number of hydrogen-bond donors (Lipinski definition) is 2. The molecule has 9 heteroatoms. The van der Waals surface area contributed by atoms with Crippen LogP contribution >= 0.6 is 0 Å². The number of carbonyl (C=O) groups is 2. The summed E-state index contributed by atoms with van der Waals surface area (Å²) < 4.78 is 43.5. The maximum absolute atomic E-state index is 12.8. The molecular weight excluding hydrogens is 425 g/mol. The van der Waals surface area contributed by atoms with E-state index in [2.05, 4.69) is 5.32 Å². The maximum atomic E-state index is 12.8. The summed E-state index contributed by atoms with van der Waals surface area (Å²) in [6.07, 6.45) is -4.78. The van der Waals surface area contributed by atoms with E-state index in [1.165, 1.54) is 12.1 Å². The largest absolute Gasteiger partial charge is 0.491 e. The molecule has 1 aliphatic rings. The maximum Gasteiger partial charge on any atom is 0.416 e. The van der Waals surface area contributed by atoms with Crippen LogP contribution in [0.2, 0.25) is 0 Å². The molecule has 2 aromatic rings. The number of aliphatic hydroxyl groups excluding tert-OH is 1. The van der Waals surface area contributed by atoms with Gasteiger partial charge < -0.3 is 20.1 Å². The van der Waals surface area contributed by atoms with Crippen molar-refractivity contribution in [3.63, 3.8) is 0 Å². The lowest BCUT2D eigenvalue weighted by Gasteiger charge is -2.20. The van der Waals surface area contributed by atoms with Crippen molar-refractivity contribution < 1.29 is 32.6 Å². The molecule has 0 bridgehead atoms. The number of anilines is 1. The average Bonchev–Trinajstić information content (AvgIpc) is 3.17. The van der Waals surface area contributed by atoms with Gasteiger partial charge >= 0.3 is 6.18 Å². The van der Waals surface area contributed by atoms with Crippen LogP contribution in [0.15, 0.2) is 48.5 Å². The number of nitrogens with zero attached hydrogens (tertiary/aromatic N) is 1. The van der Waals surface area contributed by atoms with Crippen molar-refractivity contribution >= 4 is 17.5 Å². The number of aliphatic hydroxyl groups is 1. The number of ether oxygens (including phenoxy) is 1. The molecule has 1 saturated heterocycles. The standard InChI is InChI=1S/C23H25F3N2O4/c1-2-15-6-3-4-9-20(15)28-13-16(10-21(28)30)22(31)27-12-18(29)14-32-19-8-5-7-17(11-19)23(24,25)26/h3-9,11,16,18,29H,2,10,12-14H2,1H3,(H,27,31). The number of hydrogen-bond acceptors (Lipinski definition) is 4. The van der Waals surface area contributed by atoms with Crippen molar-refractivity contribution in [2.24, 2.45) is 5.92 Å². The normalized spacial score (nSPS) is 17.3. The van der Waals surface area contributed by atoms with E-state index in [0.717, 1.165) is 29.8 Å². The molecule has 0 saturated carbocycles. The van der Waals surface area contributed by atoms with E-state index in [9.17, 15) is 27.9 Å². The molecule has 2 unspecified atom stereocenters. The summed E-state index contributed by atoms with van der Waals surface area (Å²) in [7, 11) is 0. The lowest BCUT2D eigenvalue weighted by atomic mass is 10.1. The highest BCUT2D eigenvalue weighted by Crippen LogP contribution is 2.31. The van der Waals surface area contributed by atoms with Gasteiger partial charge in [-0.1, -0.05) is 31.2 Å². The fourth-order valence-electron chi connectivity index (χ4n) is 3.57. The second kappa shape index (κ2) is 10.0. The number of para-hydroxylation sites is 1. The molecule has 32 heavy (non-hydrogen) atoms. The highest BCUT2D eigenvalue weighted by Gasteiger charge is 2.36. The molecule has 172 valence electrons. The Bertz CT molecular complexity index is 964. The van der Waals surface area contributed by atoms with Crippen LogP contribution in [0.4, 0.5) is 18.9 Å². The van der Waals surface area contributed by atoms with Gasteiger partial charge in [0.05, 0.1) is 11.5 Å². The van der Waals surface area contributed by atoms with Crippen LogP contribution in [0.1, 0.15) is 24.5 Å². The van der Waals surface area contributed by atoms with Gasteiger partial charge in [0.25, 0.3) is 0 Å². The van der Waals surface area contributed by atoms with Crippen molar-refractivity contribution in [1.29, 1.82) is 0 Å². The van der Waals surface area contributed by atoms with Gasteiger partial charge in [0, 0.05) is 25.2 Å². The summed E-state index contributed by atoms with van der Waals surface area (Å²) in [4.78, 5) is 26.5. The summed E-state index contributed by atoms with van der Waals surface area (Å²) in [5.74, 6) is -1.09. The molecule has 0 radical (unpaired) electrons. The molecule has 2 aromatic carbocycles. The zero-order chi connectivity index (χ0) is 23.3. The Morgan fingerprint density at radius 2 is 2.00 bits per heavy atom. The molecule has 1 fully saturated rings. The SMILES string of the molecule is CCc1ccccc1N1CC(C(=O)NCC(O)COc2cccc(C(F)(F)F)c2)CC1=O. The molecule has 2 atom stereocenters. The van der Waals surface area contributed by atoms with Gasteiger partial charge in [0.1, 0.15) is 18.5 Å². The summed E-state index contributed by atoms with van der Waals surface area (Å²) in [5.41, 5.74) is 0.965. The number of alkyl halides is 3. The van der Waals surface area contributed by atoms with Crippen molar-refractivity contribution in [3.05, 3.63) is 59.7 Å². The fraction of sp³-hybridized carbons (Fsp3) is 0.391. The molecule has 2 amide bonds. The van der Waals surface area contributed by atoms with Crippen LogP contribution in [0.3, 0.4) is 0 Å². The minimum absolute atomic E-state index is 0.0307. The van der Waals surface area contributed by atoms with E-state index in [4.69, 9.17) is 4.74 Å². The molecule has 0 aromatic heterocycles. The van der Waals surface area contributed by atoms with Crippen molar-refractivity contribution in [2.45, 2.75) is 32.0 Å². The van der Waals surface area contributed by atoms with Gasteiger partial charge in [-0.2, -0.15) is 13.2 Å². The molecular formula is C23H25F3N2O4. The number of aryl methyl sites for hydroxylation is 1. The summed E-state index contributed by atoms with van der Waals surface area (Å²) in [5, 5.41) is 12.6. The topological polar surface area (TPSA) is 78.9 Å². The lowest BCUT2D eigenvalue weighted by molar-refractivity contribution is -0.137. The monoisotopic (exact) mass is 450 g/mol. The van der Waals surface area contributed by atoms with Gasteiger partial charge in [-0.05, 0) is 36.2 Å². The Hall–Kier alpha value is -3.07. The first-order chi connectivity index (χ1) is 15.2. The molecule has 1 aliphatic heterocycles. The minimum Gasteiger partial charge on any atom is -0.491 e. The fourth-order valence-corrected chi connectivity index (χ4v) is 3.57. The highest BCUT2D eigenvalue weighted by molar-refractivity contribution is 6.00. The van der Waals surface area contributed by atoms with E-state index < -0.39 is 23.8 Å². The second-order valence-electron chi connectivity index (χ2n) is 7.62. The van der Waals surface area contributed by atoms with Crippen LogP contribution in [-0.4, -0.2) is 42.7 Å². The van der Waals surface area contributed by atoms with Gasteiger partial charge in [-0.15, -0.1) is 0 Å². The summed E-state index contributed by atoms with van der Waals surface area (Å²) in [6.45, 7) is 1.81. The third-order valence-corrected chi connectivity index (χ3v) is 5.27. The first-order valence-electron chi connectivity index (χ1n) is 10.3. The van der Waals surface area contributed by atoms with Crippen molar-refractivity contribution in [2.75, 3.05) is 24.6 Å². The van der Waals surface area contributed by atoms with Crippen molar-refractivity contribution in [3.8, 4) is 5.75 Å². The smallest absolute Gasteiger partial charge is 0.416 e. The Kier molecular flexibility index (Phi) is 7.40. The molecule has 0 aliphatic carbocycles. The first-order valence-corrected chi connectivity index (χ1v) is 10.3. The zero-order valence-electron chi connectivity index (χ0n) is 17.6. The number of nitrogens with one attached hydrogen (secondary N) is 1. The molecule has 6 nitrogen and oxygen atoms in total. The van der Waals surface area contributed by atoms with Gasteiger partial charge in [0.2, 0.25) is 11.8 Å². The molecule has 0 spiro atoms.